The molecule has 218 valence electrons. The molecule has 3 aromatic heterocycles. The fourth-order valence-corrected chi connectivity index (χ4v) is 7.35. The van der Waals surface area contributed by atoms with Crippen molar-refractivity contribution in [2.24, 2.45) is 0 Å². The van der Waals surface area contributed by atoms with Gasteiger partial charge in [0.25, 0.3) is 0 Å². The Kier molecular flexibility index (Phi) is 8.32. The number of rotatable bonds is 5. The van der Waals surface area contributed by atoms with Crippen molar-refractivity contribution >= 4 is 61.4 Å². The normalized spacial score (nSPS) is 15.7. The summed E-state index contributed by atoms with van der Waals surface area (Å²) in [4.78, 5) is 17.3. The van der Waals surface area contributed by atoms with Gasteiger partial charge in [-0.3, -0.25) is 4.98 Å². The third-order valence-corrected chi connectivity index (χ3v) is 10.9. The van der Waals surface area contributed by atoms with Gasteiger partial charge >= 0.3 is 13.1 Å². The van der Waals surface area contributed by atoms with Crippen LogP contribution in [0.4, 0.5) is 0 Å². The Morgan fingerprint density at radius 1 is 0.857 bits per heavy atom. The second-order valence-electron chi connectivity index (χ2n) is 11.3. The van der Waals surface area contributed by atoms with Crippen LogP contribution in [-0.2, 0) is 22.5 Å². The summed E-state index contributed by atoms with van der Waals surface area (Å²) in [6, 6.07) is 15.1. The van der Waals surface area contributed by atoms with E-state index in [-0.39, 0.29) is 37.1 Å². The van der Waals surface area contributed by atoms with E-state index in [1.54, 1.807) is 17.4 Å². The van der Waals surface area contributed by atoms with Gasteiger partial charge in [0.15, 0.2) is 0 Å². The topological polar surface area (TPSA) is 109 Å². The highest BCUT2D eigenvalue weighted by molar-refractivity contribution is 7.21. The van der Waals surface area contributed by atoms with Crippen molar-refractivity contribution in [2.45, 2.75) is 66.0 Å². The predicted molar refractivity (Wildman–Crippen MR) is 171 cm³/mol. The van der Waals surface area contributed by atoms with E-state index in [0.29, 0.717) is 5.69 Å². The van der Waals surface area contributed by atoms with Crippen molar-refractivity contribution in [1.82, 2.24) is 4.98 Å². The third kappa shape index (κ3) is 5.39. The van der Waals surface area contributed by atoms with E-state index in [4.69, 9.17) is 14.4 Å². The summed E-state index contributed by atoms with van der Waals surface area (Å²) >= 11 is 3.15. The summed E-state index contributed by atoms with van der Waals surface area (Å²) in [5, 5.41) is 30.3. The lowest BCUT2D eigenvalue weighted by molar-refractivity contribution is 0.00578. The molecular formula is C32H34BNO6S2. The number of hydrogen-bond donors (Lipinski definition) is 3. The highest BCUT2D eigenvalue weighted by Crippen LogP contribution is 2.39. The Balaban J connectivity index is 0.000000168. The van der Waals surface area contributed by atoms with E-state index in [1.807, 2.05) is 31.2 Å². The fraction of sp³-hybridized carbons (Fsp3) is 0.312. The van der Waals surface area contributed by atoms with Gasteiger partial charge in [-0.25, -0.2) is 4.79 Å². The smallest absolute Gasteiger partial charge is 0.478 e. The molecule has 6 rings (SSSR count). The summed E-state index contributed by atoms with van der Waals surface area (Å²) in [5.74, 6) is -0.968. The Morgan fingerprint density at radius 3 is 1.98 bits per heavy atom. The molecule has 0 saturated carbocycles. The van der Waals surface area contributed by atoms with Crippen LogP contribution in [0.15, 0.2) is 54.7 Å². The number of carbonyl (C=O) groups is 1. The molecule has 10 heteroatoms. The molecule has 0 bridgehead atoms. The van der Waals surface area contributed by atoms with Crippen molar-refractivity contribution in [3.05, 3.63) is 81.2 Å². The maximum Gasteiger partial charge on any atom is 0.496 e. The molecular weight excluding hydrogens is 569 g/mol. The first-order valence-corrected chi connectivity index (χ1v) is 15.3. The Bertz CT molecular complexity index is 1780. The molecule has 7 nitrogen and oxygen atoms in total. The number of aromatic nitrogens is 1. The number of thiophene rings is 2. The maximum absolute atomic E-state index is 11.1. The number of aliphatic hydroxyl groups excluding tert-OH is 2. The monoisotopic (exact) mass is 603 g/mol. The number of pyridine rings is 1. The summed E-state index contributed by atoms with van der Waals surface area (Å²) in [5.41, 5.74) is 4.32. The van der Waals surface area contributed by atoms with Gasteiger partial charge < -0.3 is 24.6 Å². The third-order valence-electron chi connectivity index (χ3n) is 8.23. The minimum atomic E-state index is -0.968. The predicted octanol–water partition coefficient (Wildman–Crippen LogP) is 6.46. The average molecular weight is 604 g/mol. The van der Waals surface area contributed by atoms with Gasteiger partial charge in [-0.1, -0.05) is 36.4 Å². The number of carboxylic acid groups (broad SMARTS) is 1. The number of fused-ring (bicyclic) bond motifs is 2. The SMILES string of the molecule is Cc1c(CO)sc2c(-c3cc(C(=O)O)ccn3)cccc12.Cc1c(CO)sc2c(B3OC(C)(C)C(C)(C)O3)cccc12. The first-order valence-electron chi connectivity index (χ1n) is 13.7. The van der Waals surface area contributed by atoms with Gasteiger partial charge in [0.1, 0.15) is 0 Å². The Hall–Kier alpha value is -3.12. The molecule has 0 amide bonds. The lowest BCUT2D eigenvalue weighted by Gasteiger charge is -2.32. The summed E-state index contributed by atoms with van der Waals surface area (Å²) < 4.78 is 14.5. The van der Waals surface area contributed by atoms with E-state index in [0.717, 1.165) is 46.7 Å². The lowest BCUT2D eigenvalue weighted by Crippen LogP contribution is -2.41. The average Bonchev–Trinajstić information content (AvgIpc) is 3.55. The van der Waals surface area contributed by atoms with Gasteiger partial charge in [-0.2, -0.15) is 0 Å². The van der Waals surface area contributed by atoms with Gasteiger partial charge in [-0.05, 0) is 75.6 Å². The zero-order valence-electron chi connectivity index (χ0n) is 24.5. The molecule has 5 aromatic rings. The number of aryl methyl sites for hydroxylation is 2. The Morgan fingerprint density at radius 2 is 1.40 bits per heavy atom. The second-order valence-corrected chi connectivity index (χ2v) is 13.6. The zero-order chi connectivity index (χ0) is 30.4. The summed E-state index contributed by atoms with van der Waals surface area (Å²) in [7, 11) is -0.358. The van der Waals surface area contributed by atoms with Crippen LogP contribution in [-0.4, -0.2) is 44.6 Å². The van der Waals surface area contributed by atoms with E-state index < -0.39 is 5.97 Å². The van der Waals surface area contributed by atoms with Crippen LogP contribution in [0.1, 0.15) is 58.9 Å². The highest BCUT2D eigenvalue weighted by Gasteiger charge is 2.52. The van der Waals surface area contributed by atoms with Crippen LogP contribution < -0.4 is 5.46 Å². The second kappa shape index (κ2) is 11.5. The molecule has 0 radical (unpaired) electrons. The van der Waals surface area contributed by atoms with Gasteiger partial charge in [0, 0.05) is 36.4 Å². The van der Waals surface area contributed by atoms with E-state index in [1.165, 1.54) is 29.0 Å². The van der Waals surface area contributed by atoms with Crippen molar-refractivity contribution in [3.8, 4) is 11.3 Å². The van der Waals surface area contributed by atoms with E-state index in [9.17, 15) is 15.0 Å². The number of benzene rings is 2. The zero-order valence-corrected chi connectivity index (χ0v) is 26.2. The van der Waals surface area contributed by atoms with E-state index in [2.05, 4.69) is 51.7 Å². The first-order chi connectivity index (χ1) is 19.9. The minimum absolute atomic E-state index is 0.00716. The fourth-order valence-electron chi connectivity index (χ4n) is 4.98. The summed E-state index contributed by atoms with van der Waals surface area (Å²) in [6.07, 6.45) is 1.50. The number of aromatic carboxylic acids is 1. The van der Waals surface area contributed by atoms with Gasteiger partial charge in [0.05, 0.1) is 35.7 Å². The minimum Gasteiger partial charge on any atom is -0.478 e. The van der Waals surface area contributed by atoms with Gasteiger partial charge in [-0.15, -0.1) is 22.7 Å². The van der Waals surface area contributed by atoms with Crippen LogP contribution >= 0.6 is 22.7 Å². The largest absolute Gasteiger partial charge is 0.496 e. The molecule has 0 spiro atoms. The van der Waals surface area contributed by atoms with Crippen LogP contribution in [0.25, 0.3) is 31.4 Å². The maximum atomic E-state index is 11.1. The first kappa shape index (κ1) is 30.3. The number of aliphatic hydroxyl groups is 2. The highest BCUT2D eigenvalue weighted by atomic mass is 32.1. The molecule has 1 aliphatic rings. The molecule has 1 aliphatic heterocycles. The van der Waals surface area contributed by atoms with Crippen molar-refractivity contribution in [3.63, 3.8) is 0 Å². The quantitative estimate of drug-likeness (QED) is 0.198. The number of hydrogen-bond acceptors (Lipinski definition) is 8. The number of nitrogens with zero attached hydrogens (tertiary/aromatic N) is 1. The van der Waals surface area contributed by atoms with Crippen LogP contribution in [0.2, 0.25) is 0 Å². The molecule has 3 N–H and O–H groups in total. The molecule has 4 heterocycles. The lowest BCUT2D eigenvalue weighted by atomic mass is 9.78. The molecule has 1 fully saturated rings. The van der Waals surface area contributed by atoms with E-state index >= 15 is 0 Å². The molecule has 0 unspecified atom stereocenters. The van der Waals surface area contributed by atoms with Crippen LogP contribution in [0.5, 0.6) is 0 Å². The van der Waals surface area contributed by atoms with Crippen LogP contribution in [0, 0.1) is 13.8 Å². The summed E-state index contributed by atoms with van der Waals surface area (Å²) in [6.45, 7) is 12.4. The standard InChI is InChI=1S/C16H21BO3S.C16H13NO3S/c1-10-11-7-6-8-12(14(11)21-13(10)9-18)17-19-15(2,3)16(4,5)20-17;1-9-11-3-2-4-12(15(11)21-14(9)8-18)13-7-10(16(19)20)5-6-17-13/h6-8,18H,9H2,1-5H3;2-7,18H,8H2,1H3,(H,19,20). The molecule has 1 saturated heterocycles. The molecule has 0 aliphatic carbocycles. The van der Waals surface area contributed by atoms with Crippen molar-refractivity contribution in [2.75, 3.05) is 0 Å². The number of carboxylic acids is 1. The van der Waals surface area contributed by atoms with Crippen molar-refractivity contribution < 1.29 is 29.4 Å². The molecule has 42 heavy (non-hydrogen) atoms. The molecule has 0 atom stereocenters. The van der Waals surface area contributed by atoms with Gasteiger partial charge in [0.2, 0.25) is 0 Å². The van der Waals surface area contributed by atoms with Crippen LogP contribution in [0.3, 0.4) is 0 Å². The van der Waals surface area contributed by atoms with Crippen molar-refractivity contribution in [1.29, 1.82) is 0 Å². The molecule has 2 aromatic carbocycles. The Labute approximate surface area is 253 Å².